The molecule has 0 unspecified atom stereocenters. The van der Waals surface area contributed by atoms with Crippen LogP contribution in [-0.4, -0.2) is 15.1 Å². The van der Waals surface area contributed by atoms with Crippen molar-refractivity contribution in [3.8, 4) is 5.75 Å². The molecule has 2 N–H and O–H groups in total. The maximum absolute atomic E-state index is 9.43. The van der Waals surface area contributed by atoms with Crippen molar-refractivity contribution in [3.63, 3.8) is 0 Å². The molecule has 0 spiro atoms. The highest BCUT2D eigenvalue weighted by molar-refractivity contribution is 6.32. The number of rotatable bonds is 2. The number of nitrogens with zero attached hydrogens (tertiary/aromatic N) is 2. The first-order valence-corrected chi connectivity index (χ1v) is 6.48. The van der Waals surface area contributed by atoms with Crippen LogP contribution in [0, 0.1) is 6.92 Å². The van der Waals surface area contributed by atoms with Gasteiger partial charge in [0.15, 0.2) is 0 Å². The number of phenols is 1. The average Bonchev–Trinajstić information content (AvgIpc) is 2.44. The van der Waals surface area contributed by atoms with Gasteiger partial charge in [-0.05, 0) is 37.3 Å². The molecule has 0 atom stereocenters. The lowest BCUT2D eigenvalue weighted by molar-refractivity contribution is 0.475. The van der Waals surface area contributed by atoms with Gasteiger partial charge in [-0.25, -0.2) is 9.97 Å². The highest BCUT2D eigenvalue weighted by Gasteiger charge is 2.06. The van der Waals surface area contributed by atoms with Crippen molar-refractivity contribution in [3.05, 3.63) is 53.3 Å². The van der Waals surface area contributed by atoms with Gasteiger partial charge in [0.05, 0.1) is 10.5 Å². The summed E-state index contributed by atoms with van der Waals surface area (Å²) in [4.78, 5) is 8.51. The minimum absolute atomic E-state index is 0.0561. The molecule has 0 aliphatic rings. The molecule has 3 rings (SSSR count). The number of aryl methyl sites for hydroxylation is 1. The van der Waals surface area contributed by atoms with E-state index in [0.29, 0.717) is 10.8 Å². The number of nitrogens with one attached hydrogen (secondary N) is 1. The summed E-state index contributed by atoms with van der Waals surface area (Å²) in [6, 6.07) is 10.9. The summed E-state index contributed by atoms with van der Waals surface area (Å²) in [6.07, 6.45) is 1.52. The Balaban J connectivity index is 2.05. The number of hydrogen-bond donors (Lipinski definition) is 2. The molecule has 0 saturated heterocycles. The van der Waals surface area contributed by atoms with E-state index in [1.165, 1.54) is 6.33 Å². The number of benzene rings is 2. The number of hydrogen-bond acceptors (Lipinski definition) is 4. The SMILES string of the molecule is Cc1ccc2ncnc(Nc3ccc(O)c(Cl)c3)c2c1. The molecule has 2 aromatic carbocycles. The molecule has 0 amide bonds. The molecule has 0 aliphatic heterocycles. The van der Waals surface area contributed by atoms with Gasteiger partial charge >= 0.3 is 0 Å². The predicted molar refractivity (Wildman–Crippen MR) is 80.7 cm³/mol. The smallest absolute Gasteiger partial charge is 0.141 e. The minimum Gasteiger partial charge on any atom is -0.506 e. The Bertz CT molecular complexity index is 789. The van der Waals surface area contributed by atoms with Gasteiger partial charge in [-0.3, -0.25) is 0 Å². The van der Waals surface area contributed by atoms with Gasteiger partial charge < -0.3 is 10.4 Å². The molecule has 1 aromatic heterocycles. The lowest BCUT2D eigenvalue weighted by atomic mass is 10.1. The van der Waals surface area contributed by atoms with Crippen LogP contribution in [0.15, 0.2) is 42.7 Å². The maximum Gasteiger partial charge on any atom is 0.141 e. The van der Waals surface area contributed by atoms with Gasteiger partial charge in [0.25, 0.3) is 0 Å². The Hall–Kier alpha value is -2.33. The van der Waals surface area contributed by atoms with Crippen molar-refractivity contribution in [2.75, 3.05) is 5.32 Å². The molecule has 4 nitrogen and oxygen atoms in total. The number of anilines is 2. The van der Waals surface area contributed by atoms with Crippen LogP contribution >= 0.6 is 11.6 Å². The quantitative estimate of drug-likeness (QED) is 0.698. The third-order valence-corrected chi connectivity index (χ3v) is 3.30. The largest absolute Gasteiger partial charge is 0.506 e. The van der Waals surface area contributed by atoms with Crippen LogP contribution in [0.1, 0.15) is 5.56 Å². The van der Waals surface area contributed by atoms with E-state index < -0.39 is 0 Å². The van der Waals surface area contributed by atoms with Crippen molar-refractivity contribution < 1.29 is 5.11 Å². The molecule has 0 fully saturated rings. The molecule has 3 aromatic rings. The topological polar surface area (TPSA) is 58.0 Å². The summed E-state index contributed by atoms with van der Waals surface area (Å²) in [6.45, 7) is 2.02. The van der Waals surface area contributed by atoms with E-state index in [1.54, 1.807) is 18.2 Å². The Kier molecular flexibility index (Phi) is 3.16. The predicted octanol–water partition coefficient (Wildman–Crippen LogP) is 4.04. The number of fused-ring (bicyclic) bond motifs is 1. The van der Waals surface area contributed by atoms with E-state index in [9.17, 15) is 5.11 Å². The summed E-state index contributed by atoms with van der Waals surface area (Å²) >= 11 is 5.90. The third-order valence-electron chi connectivity index (χ3n) is 3.00. The fourth-order valence-electron chi connectivity index (χ4n) is 1.99. The summed E-state index contributed by atoms with van der Waals surface area (Å²) < 4.78 is 0. The summed E-state index contributed by atoms with van der Waals surface area (Å²) in [5.74, 6) is 0.765. The first-order valence-electron chi connectivity index (χ1n) is 6.10. The van der Waals surface area contributed by atoms with Gasteiger partial charge in [-0.15, -0.1) is 0 Å². The molecule has 0 saturated carbocycles. The lowest BCUT2D eigenvalue weighted by Crippen LogP contribution is -1.96. The van der Waals surface area contributed by atoms with Crippen molar-refractivity contribution in [2.45, 2.75) is 6.92 Å². The normalized spacial score (nSPS) is 10.7. The van der Waals surface area contributed by atoms with Crippen LogP contribution in [0.5, 0.6) is 5.75 Å². The Labute approximate surface area is 121 Å². The van der Waals surface area contributed by atoms with Crippen molar-refractivity contribution in [1.29, 1.82) is 0 Å². The fourth-order valence-corrected chi connectivity index (χ4v) is 2.17. The van der Waals surface area contributed by atoms with Crippen LogP contribution < -0.4 is 5.32 Å². The minimum atomic E-state index is 0.0561. The van der Waals surface area contributed by atoms with Crippen LogP contribution in [0.25, 0.3) is 10.9 Å². The number of halogens is 1. The fraction of sp³-hybridized carbons (Fsp3) is 0.0667. The zero-order valence-electron chi connectivity index (χ0n) is 10.8. The highest BCUT2D eigenvalue weighted by atomic mass is 35.5. The Morgan fingerprint density at radius 3 is 2.75 bits per heavy atom. The van der Waals surface area contributed by atoms with Crippen molar-refractivity contribution >= 4 is 34.0 Å². The number of phenolic OH excluding ortho intramolecular Hbond substituents is 1. The van der Waals surface area contributed by atoms with E-state index >= 15 is 0 Å². The second-order valence-corrected chi connectivity index (χ2v) is 4.94. The van der Waals surface area contributed by atoms with Gasteiger partial charge in [0, 0.05) is 11.1 Å². The summed E-state index contributed by atoms with van der Waals surface area (Å²) in [5, 5.41) is 13.9. The maximum atomic E-state index is 9.43. The van der Waals surface area contributed by atoms with E-state index in [0.717, 1.165) is 22.2 Å². The number of aromatic hydroxyl groups is 1. The molecule has 5 heteroatoms. The van der Waals surface area contributed by atoms with Crippen LogP contribution in [0.2, 0.25) is 5.02 Å². The molecular weight excluding hydrogens is 274 g/mol. The van der Waals surface area contributed by atoms with Gasteiger partial charge in [0.2, 0.25) is 0 Å². The van der Waals surface area contributed by atoms with E-state index in [1.807, 2.05) is 25.1 Å². The zero-order chi connectivity index (χ0) is 14.1. The van der Waals surface area contributed by atoms with Gasteiger partial charge in [0.1, 0.15) is 17.9 Å². The second-order valence-electron chi connectivity index (χ2n) is 4.53. The van der Waals surface area contributed by atoms with Gasteiger partial charge in [-0.1, -0.05) is 23.2 Å². The molecule has 100 valence electrons. The first-order chi connectivity index (χ1) is 9.63. The third kappa shape index (κ3) is 2.38. The molecule has 20 heavy (non-hydrogen) atoms. The lowest BCUT2D eigenvalue weighted by Gasteiger charge is -2.09. The molecular formula is C15H12ClN3O. The molecule has 0 bridgehead atoms. The molecule has 1 heterocycles. The summed E-state index contributed by atoms with van der Waals surface area (Å²) in [7, 11) is 0. The van der Waals surface area contributed by atoms with Gasteiger partial charge in [-0.2, -0.15) is 0 Å². The monoisotopic (exact) mass is 285 g/mol. The average molecular weight is 286 g/mol. The second kappa shape index (κ2) is 4.98. The van der Waals surface area contributed by atoms with E-state index in [2.05, 4.69) is 15.3 Å². The zero-order valence-corrected chi connectivity index (χ0v) is 11.5. The van der Waals surface area contributed by atoms with Crippen LogP contribution in [0.3, 0.4) is 0 Å². The highest BCUT2D eigenvalue weighted by Crippen LogP contribution is 2.29. The standard InChI is InChI=1S/C15H12ClN3O/c1-9-2-4-13-11(6-9)15(18-8-17-13)19-10-3-5-14(20)12(16)7-10/h2-8,20H,1H3,(H,17,18,19). The van der Waals surface area contributed by atoms with Crippen LogP contribution in [-0.2, 0) is 0 Å². The molecule has 0 radical (unpaired) electrons. The van der Waals surface area contributed by atoms with Crippen LogP contribution in [0.4, 0.5) is 11.5 Å². The number of aromatic nitrogens is 2. The Morgan fingerprint density at radius 2 is 1.95 bits per heavy atom. The first kappa shape index (κ1) is 12.7. The van der Waals surface area contributed by atoms with Crippen molar-refractivity contribution in [1.82, 2.24) is 9.97 Å². The summed E-state index contributed by atoms with van der Waals surface area (Å²) in [5.41, 5.74) is 2.77. The Morgan fingerprint density at radius 1 is 1.10 bits per heavy atom. The molecule has 0 aliphatic carbocycles. The van der Waals surface area contributed by atoms with Crippen molar-refractivity contribution in [2.24, 2.45) is 0 Å². The van der Waals surface area contributed by atoms with E-state index in [4.69, 9.17) is 11.6 Å². The van der Waals surface area contributed by atoms with E-state index in [-0.39, 0.29) is 5.75 Å².